The van der Waals surface area contributed by atoms with Gasteiger partial charge in [-0.1, -0.05) is 54.1 Å². The van der Waals surface area contributed by atoms with Crippen molar-refractivity contribution in [1.29, 1.82) is 0 Å². The molecule has 0 heterocycles. The van der Waals surface area contributed by atoms with Gasteiger partial charge in [-0.3, -0.25) is 20.4 Å². The molecule has 0 saturated heterocycles. The summed E-state index contributed by atoms with van der Waals surface area (Å²) < 4.78 is 0. The molecule has 0 fully saturated rings. The summed E-state index contributed by atoms with van der Waals surface area (Å²) in [6.45, 7) is 2.04. The molecule has 28 heavy (non-hydrogen) atoms. The second-order valence-electron chi connectivity index (χ2n) is 6.17. The lowest BCUT2D eigenvalue weighted by molar-refractivity contribution is -0.123. The highest BCUT2D eigenvalue weighted by atomic mass is 35.5. The molecule has 0 unspecified atom stereocenters. The first-order chi connectivity index (χ1) is 13.4. The number of hydrogen-bond donors (Lipinski definition) is 4. The van der Waals surface area contributed by atoms with E-state index in [4.69, 9.17) is 23.8 Å². The minimum absolute atomic E-state index is 0.0873. The van der Waals surface area contributed by atoms with Crippen molar-refractivity contribution in [2.24, 2.45) is 0 Å². The van der Waals surface area contributed by atoms with Crippen LogP contribution in [0.15, 0.2) is 54.6 Å². The molecule has 4 N–H and O–H groups in total. The Kier molecular flexibility index (Phi) is 8.71. The van der Waals surface area contributed by atoms with Crippen LogP contribution in [0.25, 0.3) is 0 Å². The number of amides is 2. The highest BCUT2D eigenvalue weighted by Gasteiger charge is 2.16. The fourth-order valence-electron chi connectivity index (χ4n) is 2.56. The number of halogens is 1. The Labute approximate surface area is 175 Å². The predicted molar refractivity (Wildman–Crippen MR) is 115 cm³/mol. The van der Waals surface area contributed by atoms with Gasteiger partial charge in [0.25, 0.3) is 0 Å². The third-order valence-corrected chi connectivity index (χ3v) is 4.40. The molecule has 0 aliphatic rings. The lowest BCUT2D eigenvalue weighted by Gasteiger charge is -2.18. The summed E-state index contributed by atoms with van der Waals surface area (Å²) in [5, 5.41) is 6.82. The van der Waals surface area contributed by atoms with Crippen LogP contribution >= 0.6 is 23.8 Å². The molecular formula is C20H23ClN4O2S. The summed E-state index contributed by atoms with van der Waals surface area (Å²) in [6.07, 6.45) is 0.857. The third kappa shape index (κ3) is 7.94. The van der Waals surface area contributed by atoms with Crippen molar-refractivity contribution in [2.45, 2.75) is 25.8 Å². The van der Waals surface area contributed by atoms with E-state index in [0.29, 0.717) is 16.7 Å². The Morgan fingerprint density at radius 2 is 1.71 bits per heavy atom. The lowest BCUT2D eigenvalue weighted by atomic mass is 10.0. The van der Waals surface area contributed by atoms with Crippen molar-refractivity contribution in [3.8, 4) is 0 Å². The van der Waals surface area contributed by atoms with Crippen molar-refractivity contribution in [1.82, 2.24) is 21.5 Å². The molecule has 2 aromatic rings. The number of rotatable bonds is 7. The quantitative estimate of drug-likeness (QED) is 0.410. The lowest BCUT2D eigenvalue weighted by Crippen LogP contribution is -2.48. The molecule has 0 aromatic heterocycles. The third-order valence-electron chi connectivity index (χ3n) is 3.90. The van der Waals surface area contributed by atoms with Crippen LogP contribution in [0.2, 0.25) is 5.02 Å². The smallest absolute Gasteiger partial charge is 0.240 e. The molecule has 0 aliphatic heterocycles. The molecule has 148 valence electrons. The summed E-state index contributed by atoms with van der Waals surface area (Å²) in [6, 6.07) is 16.5. The van der Waals surface area contributed by atoms with Gasteiger partial charge in [-0.15, -0.1) is 0 Å². The minimum atomic E-state index is -0.410. The summed E-state index contributed by atoms with van der Waals surface area (Å²) in [5.74, 6) is -0.488. The maximum Gasteiger partial charge on any atom is 0.240 e. The molecular weight excluding hydrogens is 396 g/mol. The van der Waals surface area contributed by atoms with Crippen LogP contribution in [-0.2, 0) is 16.0 Å². The number of hydrazine groups is 1. The Bertz CT molecular complexity index is 800. The summed E-state index contributed by atoms with van der Waals surface area (Å²) >= 11 is 11.0. The first kappa shape index (κ1) is 21.7. The van der Waals surface area contributed by atoms with Gasteiger partial charge < -0.3 is 10.6 Å². The van der Waals surface area contributed by atoms with Crippen molar-refractivity contribution in [2.75, 3.05) is 6.54 Å². The fourth-order valence-corrected chi connectivity index (χ4v) is 2.84. The van der Waals surface area contributed by atoms with Crippen molar-refractivity contribution >= 4 is 40.7 Å². The van der Waals surface area contributed by atoms with Crippen molar-refractivity contribution in [3.05, 3.63) is 70.7 Å². The number of nitrogens with one attached hydrogen (secondary N) is 4. The maximum atomic E-state index is 12.2. The molecule has 8 heteroatoms. The van der Waals surface area contributed by atoms with Crippen LogP contribution < -0.4 is 21.5 Å². The van der Waals surface area contributed by atoms with Crippen LogP contribution in [-0.4, -0.2) is 23.5 Å². The minimum Gasteiger partial charge on any atom is -0.361 e. The van der Waals surface area contributed by atoms with E-state index in [-0.39, 0.29) is 18.2 Å². The Balaban J connectivity index is 1.74. The van der Waals surface area contributed by atoms with E-state index in [9.17, 15) is 9.59 Å². The zero-order chi connectivity index (χ0) is 20.4. The van der Waals surface area contributed by atoms with Crippen LogP contribution in [0, 0.1) is 0 Å². The van der Waals surface area contributed by atoms with E-state index in [1.54, 1.807) is 0 Å². The van der Waals surface area contributed by atoms with E-state index in [1.165, 1.54) is 6.92 Å². The van der Waals surface area contributed by atoms with Gasteiger partial charge >= 0.3 is 0 Å². The molecule has 2 amide bonds. The van der Waals surface area contributed by atoms with Crippen LogP contribution in [0.5, 0.6) is 0 Å². The second kappa shape index (κ2) is 11.3. The largest absolute Gasteiger partial charge is 0.361 e. The van der Waals surface area contributed by atoms with Crippen LogP contribution in [0.3, 0.4) is 0 Å². The van der Waals surface area contributed by atoms with Gasteiger partial charge in [0.2, 0.25) is 11.8 Å². The van der Waals surface area contributed by atoms with Crippen molar-refractivity contribution < 1.29 is 9.59 Å². The summed E-state index contributed by atoms with van der Waals surface area (Å²) in [4.78, 5) is 23.6. The van der Waals surface area contributed by atoms with Gasteiger partial charge in [-0.05, 0) is 41.9 Å². The molecule has 0 aliphatic carbocycles. The van der Waals surface area contributed by atoms with E-state index in [0.717, 1.165) is 17.5 Å². The normalized spacial score (nSPS) is 11.2. The molecule has 1 atom stereocenters. The topological polar surface area (TPSA) is 82.3 Å². The predicted octanol–water partition coefficient (Wildman–Crippen LogP) is 2.65. The van der Waals surface area contributed by atoms with E-state index < -0.39 is 6.04 Å². The number of carbonyl (C=O) groups is 2. The second-order valence-corrected chi connectivity index (χ2v) is 7.02. The van der Waals surface area contributed by atoms with E-state index in [1.807, 2.05) is 54.6 Å². The summed E-state index contributed by atoms with van der Waals surface area (Å²) in [7, 11) is 0. The van der Waals surface area contributed by atoms with Crippen LogP contribution in [0.4, 0.5) is 0 Å². The van der Waals surface area contributed by atoms with E-state index in [2.05, 4.69) is 21.5 Å². The average molecular weight is 419 g/mol. The Morgan fingerprint density at radius 3 is 2.36 bits per heavy atom. The first-order valence-electron chi connectivity index (χ1n) is 8.83. The zero-order valence-corrected chi connectivity index (χ0v) is 17.1. The van der Waals surface area contributed by atoms with Crippen molar-refractivity contribution in [3.63, 3.8) is 0 Å². The zero-order valence-electron chi connectivity index (χ0n) is 15.5. The highest BCUT2D eigenvalue weighted by Crippen LogP contribution is 2.16. The SMILES string of the molecule is CC(=O)N[C@H](CC(=O)NNC(=S)NCCc1ccc(Cl)cc1)c1ccccc1. The standard InChI is InChI=1S/C20H23ClN4O2S/c1-14(26)23-18(16-5-3-2-4-6-16)13-19(27)24-25-20(28)22-12-11-15-7-9-17(21)10-8-15/h2-10,18H,11-13H2,1H3,(H,23,26)(H,24,27)(H2,22,25,28)/t18-/m1/s1. The van der Waals surface area contributed by atoms with E-state index >= 15 is 0 Å². The molecule has 0 radical (unpaired) electrons. The Hall–Kier alpha value is -2.64. The molecule has 0 bridgehead atoms. The summed E-state index contributed by atoms with van der Waals surface area (Å²) in [5.41, 5.74) is 7.21. The van der Waals surface area contributed by atoms with Gasteiger partial charge in [0, 0.05) is 18.5 Å². The van der Waals surface area contributed by atoms with Crippen LogP contribution in [0.1, 0.15) is 30.5 Å². The van der Waals surface area contributed by atoms with Gasteiger partial charge in [-0.25, -0.2) is 0 Å². The monoisotopic (exact) mass is 418 g/mol. The van der Waals surface area contributed by atoms with Gasteiger partial charge in [0.15, 0.2) is 5.11 Å². The number of carbonyl (C=O) groups excluding carboxylic acids is 2. The fraction of sp³-hybridized carbons (Fsp3) is 0.250. The Morgan fingerprint density at radius 1 is 1.04 bits per heavy atom. The number of hydrogen-bond acceptors (Lipinski definition) is 3. The highest BCUT2D eigenvalue weighted by molar-refractivity contribution is 7.80. The molecule has 0 saturated carbocycles. The first-order valence-corrected chi connectivity index (χ1v) is 9.62. The average Bonchev–Trinajstić information content (AvgIpc) is 2.68. The number of benzene rings is 2. The van der Waals surface area contributed by atoms with Gasteiger partial charge in [0.05, 0.1) is 12.5 Å². The molecule has 6 nitrogen and oxygen atoms in total. The van der Waals surface area contributed by atoms with Gasteiger partial charge in [-0.2, -0.15) is 0 Å². The number of thiocarbonyl (C=S) groups is 1. The molecule has 0 spiro atoms. The maximum absolute atomic E-state index is 12.2. The molecule has 2 aromatic carbocycles. The van der Waals surface area contributed by atoms with Gasteiger partial charge in [0.1, 0.15) is 0 Å². The molecule has 2 rings (SSSR count).